The highest BCUT2D eigenvalue weighted by molar-refractivity contribution is 5.31. The Morgan fingerprint density at radius 2 is 1.61 bits per heavy atom. The van der Waals surface area contributed by atoms with Crippen molar-refractivity contribution in [2.24, 2.45) is 0 Å². The molecule has 0 aliphatic carbocycles. The second-order valence-corrected chi connectivity index (χ2v) is 5.07. The van der Waals surface area contributed by atoms with E-state index in [1.165, 1.54) is 0 Å². The molecular formula is C18H22O5. The molecule has 5 heteroatoms. The van der Waals surface area contributed by atoms with E-state index < -0.39 is 12.2 Å². The van der Waals surface area contributed by atoms with Gasteiger partial charge in [0.1, 0.15) is 30.3 Å². The number of rotatable bonds is 9. The summed E-state index contributed by atoms with van der Waals surface area (Å²) in [6.07, 6.45) is -1.17. The zero-order valence-electron chi connectivity index (χ0n) is 12.8. The van der Waals surface area contributed by atoms with Gasteiger partial charge < -0.3 is 24.8 Å². The molecule has 0 saturated heterocycles. The molecule has 2 aromatic carbocycles. The molecule has 0 unspecified atom stereocenters. The Kier molecular flexibility index (Phi) is 6.87. The highest BCUT2D eigenvalue weighted by Crippen LogP contribution is 2.26. The topological polar surface area (TPSA) is 79.2 Å². The minimum absolute atomic E-state index is 0.0724. The number of benzene rings is 2. The maximum absolute atomic E-state index is 10.6. The minimum atomic E-state index is -0.903. The van der Waals surface area contributed by atoms with Crippen molar-refractivity contribution in [1.82, 2.24) is 0 Å². The molecule has 0 aliphatic rings. The first-order chi connectivity index (χ1) is 11.2. The average Bonchev–Trinajstić information content (AvgIpc) is 2.60. The second kappa shape index (κ2) is 9.15. The van der Waals surface area contributed by atoms with Crippen molar-refractivity contribution in [3.8, 4) is 11.5 Å². The second-order valence-electron chi connectivity index (χ2n) is 5.07. The number of aliphatic hydroxyl groups excluding tert-OH is 3. The van der Waals surface area contributed by atoms with Crippen molar-refractivity contribution in [1.29, 1.82) is 0 Å². The monoisotopic (exact) mass is 318 g/mol. The van der Waals surface area contributed by atoms with Gasteiger partial charge in [-0.2, -0.15) is 0 Å². The lowest BCUT2D eigenvalue weighted by Crippen LogP contribution is -2.26. The fourth-order valence-corrected chi connectivity index (χ4v) is 2.25. The number of aliphatic hydroxyl groups is 3. The van der Waals surface area contributed by atoms with Gasteiger partial charge in [-0.3, -0.25) is 0 Å². The molecule has 23 heavy (non-hydrogen) atoms. The predicted molar refractivity (Wildman–Crippen MR) is 86.5 cm³/mol. The fraction of sp³-hybridized carbons (Fsp3) is 0.333. The molecule has 0 aromatic heterocycles. The van der Waals surface area contributed by atoms with Gasteiger partial charge in [-0.25, -0.2) is 0 Å². The Morgan fingerprint density at radius 1 is 0.870 bits per heavy atom. The standard InChI is InChI=1S/C18H22O5/c19-10-9-17(23-15-6-2-1-3-7-15)18(21)14-5-4-8-16(13-14)22-12-11-20/h1-8,13,17-21H,9-12H2/t17-,18-/m0/s1. The summed E-state index contributed by atoms with van der Waals surface area (Å²) in [7, 11) is 0. The van der Waals surface area contributed by atoms with Crippen molar-refractivity contribution in [2.45, 2.75) is 18.6 Å². The summed E-state index contributed by atoms with van der Waals surface area (Å²) < 4.78 is 11.2. The lowest BCUT2D eigenvalue weighted by atomic mass is 10.0. The van der Waals surface area contributed by atoms with Crippen LogP contribution < -0.4 is 9.47 Å². The molecule has 0 amide bonds. The van der Waals surface area contributed by atoms with Crippen LogP contribution in [0.5, 0.6) is 11.5 Å². The predicted octanol–water partition coefficient (Wildman–Crippen LogP) is 1.92. The SMILES string of the molecule is OCCOc1cccc([C@H](O)[C@H](CCO)Oc2ccccc2)c1. The molecule has 0 radical (unpaired) electrons. The van der Waals surface area contributed by atoms with Gasteiger partial charge in [-0.1, -0.05) is 30.3 Å². The minimum Gasteiger partial charge on any atom is -0.491 e. The van der Waals surface area contributed by atoms with E-state index in [2.05, 4.69) is 0 Å². The lowest BCUT2D eigenvalue weighted by molar-refractivity contribution is 0.0203. The Labute approximate surface area is 135 Å². The maximum Gasteiger partial charge on any atom is 0.131 e. The first-order valence-corrected chi connectivity index (χ1v) is 7.59. The van der Waals surface area contributed by atoms with Crippen LogP contribution in [-0.2, 0) is 0 Å². The van der Waals surface area contributed by atoms with Crippen LogP contribution in [0.25, 0.3) is 0 Å². The van der Waals surface area contributed by atoms with Crippen LogP contribution >= 0.6 is 0 Å². The summed E-state index contributed by atoms with van der Waals surface area (Å²) in [5.74, 6) is 1.20. The Bertz CT molecular complexity index is 573. The van der Waals surface area contributed by atoms with Crippen LogP contribution in [0.2, 0.25) is 0 Å². The summed E-state index contributed by atoms with van der Waals surface area (Å²) in [5, 5.41) is 28.6. The number of hydrogen-bond donors (Lipinski definition) is 3. The zero-order chi connectivity index (χ0) is 16.5. The quantitative estimate of drug-likeness (QED) is 0.658. The van der Waals surface area contributed by atoms with Crippen molar-refractivity contribution in [3.63, 3.8) is 0 Å². The van der Waals surface area contributed by atoms with Gasteiger partial charge in [0.05, 0.1) is 6.61 Å². The van der Waals surface area contributed by atoms with E-state index in [9.17, 15) is 10.2 Å². The lowest BCUT2D eigenvalue weighted by Gasteiger charge is -2.24. The van der Waals surface area contributed by atoms with E-state index in [1.807, 2.05) is 18.2 Å². The van der Waals surface area contributed by atoms with Crippen LogP contribution in [0.3, 0.4) is 0 Å². The van der Waals surface area contributed by atoms with Gasteiger partial charge in [0, 0.05) is 13.0 Å². The third-order valence-corrected chi connectivity index (χ3v) is 3.36. The third kappa shape index (κ3) is 5.25. The molecule has 2 atom stereocenters. The molecule has 124 valence electrons. The largest absolute Gasteiger partial charge is 0.491 e. The van der Waals surface area contributed by atoms with Crippen LogP contribution in [-0.4, -0.2) is 41.2 Å². The molecular weight excluding hydrogens is 296 g/mol. The van der Waals surface area contributed by atoms with E-state index in [0.29, 0.717) is 23.5 Å². The molecule has 0 bridgehead atoms. The van der Waals surface area contributed by atoms with Crippen molar-refractivity contribution >= 4 is 0 Å². The van der Waals surface area contributed by atoms with Crippen LogP contribution in [0.15, 0.2) is 54.6 Å². The highest BCUT2D eigenvalue weighted by Gasteiger charge is 2.23. The molecule has 5 nitrogen and oxygen atoms in total. The van der Waals surface area contributed by atoms with Crippen molar-refractivity contribution < 1.29 is 24.8 Å². The van der Waals surface area contributed by atoms with E-state index >= 15 is 0 Å². The summed E-state index contributed by atoms with van der Waals surface area (Å²) >= 11 is 0. The van der Waals surface area contributed by atoms with Gasteiger partial charge in [0.15, 0.2) is 0 Å². The van der Waals surface area contributed by atoms with Crippen LogP contribution in [0.1, 0.15) is 18.1 Å². The summed E-state index contributed by atoms with van der Waals surface area (Å²) in [6.45, 7) is 0.0342. The molecule has 0 heterocycles. The molecule has 2 rings (SSSR count). The molecule has 2 aromatic rings. The summed E-state index contributed by atoms with van der Waals surface area (Å²) in [6, 6.07) is 16.2. The van der Waals surface area contributed by atoms with E-state index in [-0.39, 0.29) is 19.8 Å². The van der Waals surface area contributed by atoms with Gasteiger partial charge >= 0.3 is 0 Å². The van der Waals surface area contributed by atoms with Gasteiger partial charge in [0.25, 0.3) is 0 Å². The summed E-state index contributed by atoms with van der Waals surface area (Å²) in [4.78, 5) is 0. The summed E-state index contributed by atoms with van der Waals surface area (Å²) in [5.41, 5.74) is 0.634. The zero-order valence-corrected chi connectivity index (χ0v) is 12.8. The molecule has 0 fully saturated rings. The maximum atomic E-state index is 10.6. The molecule has 0 aliphatic heterocycles. The first-order valence-electron chi connectivity index (χ1n) is 7.59. The Balaban J connectivity index is 2.12. The Hall–Kier alpha value is -2.08. The van der Waals surface area contributed by atoms with Gasteiger partial charge in [0.2, 0.25) is 0 Å². The van der Waals surface area contributed by atoms with Crippen molar-refractivity contribution in [2.75, 3.05) is 19.8 Å². The smallest absolute Gasteiger partial charge is 0.131 e. The highest BCUT2D eigenvalue weighted by atomic mass is 16.5. The van der Waals surface area contributed by atoms with Crippen LogP contribution in [0, 0.1) is 0 Å². The molecule has 3 N–H and O–H groups in total. The van der Waals surface area contributed by atoms with Crippen LogP contribution in [0.4, 0.5) is 0 Å². The van der Waals surface area contributed by atoms with E-state index in [0.717, 1.165) is 0 Å². The van der Waals surface area contributed by atoms with E-state index in [4.69, 9.17) is 14.6 Å². The number of ether oxygens (including phenoxy) is 2. The van der Waals surface area contributed by atoms with Gasteiger partial charge in [-0.05, 0) is 29.8 Å². The normalized spacial score (nSPS) is 13.3. The fourth-order valence-electron chi connectivity index (χ4n) is 2.25. The third-order valence-electron chi connectivity index (χ3n) is 3.36. The average molecular weight is 318 g/mol. The first kappa shape index (κ1) is 17.3. The number of hydrogen-bond acceptors (Lipinski definition) is 5. The molecule has 0 saturated carbocycles. The van der Waals surface area contributed by atoms with Gasteiger partial charge in [-0.15, -0.1) is 0 Å². The van der Waals surface area contributed by atoms with Crippen molar-refractivity contribution in [3.05, 3.63) is 60.2 Å². The number of para-hydroxylation sites is 1. The molecule has 0 spiro atoms. The van der Waals surface area contributed by atoms with E-state index in [1.54, 1.807) is 36.4 Å². The Morgan fingerprint density at radius 3 is 2.30 bits per heavy atom.